The molecule has 0 heterocycles. The lowest BCUT2D eigenvalue weighted by Gasteiger charge is -1.90. The van der Waals surface area contributed by atoms with Crippen molar-refractivity contribution in [2.24, 2.45) is 4.99 Å². The van der Waals surface area contributed by atoms with Crippen molar-refractivity contribution in [2.45, 2.75) is 20.8 Å². The first-order valence-corrected chi connectivity index (χ1v) is 4.44. The van der Waals surface area contributed by atoms with Crippen LogP contribution in [0.15, 0.2) is 53.5 Å². The van der Waals surface area contributed by atoms with Crippen molar-refractivity contribution in [3.8, 4) is 0 Å². The molecule has 76 valence electrons. The molecule has 0 aromatic carbocycles. The summed E-state index contributed by atoms with van der Waals surface area (Å²) in [7, 11) is 0. The van der Waals surface area contributed by atoms with Gasteiger partial charge in [0.1, 0.15) is 0 Å². The fourth-order valence-electron chi connectivity index (χ4n) is 0.752. The van der Waals surface area contributed by atoms with Gasteiger partial charge in [0, 0.05) is 5.71 Å². The van der Waals surface area contributed by atoms with Gasteiger partial charge in [-0.05, 0) is 32.9 Å². The first-order chi connectivity index (χ1) is 6.60. The highest BCUT2D eigenvalue weighted by molar-refractivity contribution is 5.93. The molecular weight excluding hydrogens is 177 g/mol. The van der Waals surface area contributed by atoms with E-state index in [2.05, 4.69) is 11.6 Å². The zero-order chi connectivity index (χ0) is 11.0. The molecule has 0 aliphatic rings. The molecule has 0 aromatic heterocycles. The SMILES string of the molecule is C=C/C(C)=C/C=C(F)\N=C(C)\C=C/C. The van der Waals surface area contributed by atoms with Crippen molar-refractivity contribution < 1.29 is 4.39 Å². The second kappa shape index (κ2) is 7.01. The lowest BCUT2D eigenvalue weighted by Crippen LogP contribution is -1.83. The predicted molar refractivity (Wildman–Crippen MR) is 61.1 cm³/mol. The maximum atomic E-state index is 13.0. The lowest BCUT2D eigenvalue weighted by atomic mass is 10.3. The van der Waals surface area contributed by atoms with Crippen molar-refractivity contribution in [3.63, 3.8) is 0 Å². The molecule has 1 nitrogen and oxygen atoms in total. The number of aliphatic imine (C=N–C) groups is 1. The highest BCUT2D eigenvalue weighted by Gasteiger charge is 1.88. The van der Waals surface area contributed by atoms with Gasteiger partial charge in [-0.2, -0.15) is 4.39 Å². The van der Waals surface area contributed by atoms with Crippen LogP contribution in [0.5, 0.6) is 0 Å². The summed E-state index contributed by atoms with van der Waals surface area (Å²) < 4.78 is 13.0. The molecule has 14 heavy (non-hydrogen) atoms. The Morgan fingerprint density at radius 3 is 2.43 bits per heavy atom. The van der Waals surface area contributed by atoms with Crippen LogP contribution in [0.25, 0.3) is 0 Å². The van der Waals surface area contributed by atoms with Gasteiger partial charge in [0.25, 0.3) is 0 Å². The van der Waals surface area contributed by atoms with Crippen LogP contribution in [0.3, 0.4) is 0 Å². The second-order valence-corrected chi connectivity index (χ2v) is 2.86. The summed E-state index contributed by atoms with van der Waals surface area (Å²) in [5, 5.41) is 0. The van der Waals surface area contributed by atoms with Gasteiger partial charge in [0.2, 0.25) is 5.95 Å². The standard InChI is InChI=1S/C12H16FN/c1-5-7-11(4)14-12(13)9-8-10(3)6-2/h5-9H,2H2,1,3-4H3/b7-5-,10-8+,12-9-,14-11+. The molecule has 0 aliphatic carbocycles. The molecule has 0 aliphatic heterocycles. The normalized spacial score (nSPS) is 15.0. The van der Waals surface area contributed by atoms with Crippen LogP contribution in [-0.4, -0.2) is 5.71 Å². The molecule has 0 bridgehead atoms. The number of rotatable bonds is 4. The van der Waals surface area contributed by atoms with E-state index in [4.69, 9.17) is 0 Å². The summed E-state index contributed by atoms with van der Waals surface area (Å²) in [6.45, 7) is 9.02. The first kappa shape index (κ1) is 12.6. The van der Waals surface area contributed by atoms with Crippen molar-refractivity contribution in [2.75, 3.05) is 0 Å². The van der Waals surface area contributed by atoms with Gasteiger partial charge < -0.3 is 0 Å². The van der Waals surface area contributed by atoms with E-state index in [0.717, 1.165) is 5.57 Å². The van der Waals surface area contributed by atoms with Crippen molar-refractivity contribution in [1.29, 1.82) is 0 Å². The highest BCUT2D eigenvalue weighted by atomic mass is 19.1. The molecular formula is C12H16FN. The van der Waals surface area contributed by atoms with Gasteiger partial charge in [-0.1, -0.05) is 30.4 Å². The van der Waals surface area contributed by atoms with Crippen LogP contribution in [0.2, 0.25) is 0 Å². The molecule has 0 saturated heterocycles. The Bertz CT molecular complexity index is 306. The van der Waals surface area contributed by atoms with E-state index in [-0.39, 0.29) is 0 Å². The maximum Gasteiger partial charge on any atom is 0.213 e. The Balaban J connectivity index is 4.55. The zero-order valence-electron chi connectivity index (χ0n) is 8.92. The Labute approximate surface area is 85.1 Å². The third-order valence-electron chi connectivity index (χ3n) is 1.50. The first-order valence-electron chi connectivity index (χ1n) is 4.44. The van der Waals surface area contributed by atoms with E-state index in [1.54, 1.807) is 25.2 Å². The predicted octanol–water partition coefficient (Wildman–Crippen LogP) is 3.97. The zero-order valence-corrected chi connectivity index (χ0v) is 8.92. The summed E-state index contributed by atoms with van der Waals surface area (Å²) in [5.74, 6) is -0.498. The molecule has 2 heteroatoms. The molecule has 0 spiro atoms. The van der Waals surface area contributed by atoms with Crippen LogP contribution in [-0.2, 0) is 0 Å². The fourth-order valence-corrected chi connectivity index (χ4v) is 0.752. The maximum absolute atomic E-state index is 13.0. The van der Waals surface area contributed by atoms with E-state index in [9.17, 15) is 4.39 Å². The molecule has 0 rings (SSSR count). The summed E-state index contributed by atoms with van der Waals surface area (Å²) in [6, 6.07) is 0. The van der Waals surface area contributed by atoms with Gasteiger partial charge in [-0.15, -0.1) is 0 Å². The van der Waals surface area contributed by atoms with E-state index in [0.29, 0.717) is 5.71 Å². The van der Waals surface area contributed by atoms with Gasteiger partial charge in [0.15, 0.2) is 0 Å². The Morgan fingerprint density at radius 1 is 1.29 bits per heavy atom. The quantitative estimate of drug-likeness (QED) is 0.364. The number of nitrogens with zero attached hydrogens (tertiary/aromatic N) is 1. The molecule has 0 unspecified atom stereocenters. The minimum Gasteiger partial charge on any atom is -0.225 e. The average molecular weight is 193 g/mol. The minimum atomic E-state index is -0.498. The largest absolute Gasteiger partial charge is 0.225 e. The Morgan fingerprint density at radius 2 is 1.93 bits per heavy atom. The summed E-state index contributed by atoms with van der Waals surface area (Å²) >= 11 is 0. The average Bonchev–Trinajstić information content (AvgIpc) is 2.14. The van der Waals surface area contributed by atoms with Crippen LogP contribution < -0.4 is 0 Å². The third kappa shape index (κ3) is 6.12. The van der Waals surface area contributed by atoms with Gasteiger partial charge in [-0.25, -0.2) is 4.99 Å². The monoisotopic (exact) mass is 193 g/mol. The number of allylic oxidation sites excluding steroid dienone is 6. The van der Waals surface area contributed by atoms with Crippen molar-refractivity contribution in [1.82, 2.24) is 0 Å². The number of halogens is 1. The molecule has 0 amide bonds. The van der Waals surface area contributed by atoms with Gasteiger partial charge >= 0.3 is 0 Å². The van der Waals surface area contributed by atoms with Crippen LogP contribution in [0.4, 0.5) is 4.39 Å². The molecule has 0 fully saturated rings. The Hall–Kier alpha value is -1.44. The van der Waals surface area contributed by atoms with Crippen LogP contribution >= 0.6 is 0 Å². The van der Waals surface area contributed by atoms with E-state index in [1.807, 2.05) is 19.9 Å². The van der Waals surface area contributed by atoms with E-state index < -0.39 is 5.95 Å². The topological polar surface area (TPSA) is 12.4 Å². The molecule has 0 atom stereocenters. The van der Waals surface area contributed by atoms with Crippen molar-refractivity contribution >= 4 is 5.71 Å². The number of hydrogen-bond acceptors (Lipinski definition) is 1. The third-order valence-corrected chi connectivity index (χ3v) is 1.50. The van der Waals surface area contributed by atoms with Gasteiger partial charge in [-0.3, -0.25) is 0 Å². The molecule has 0 N–H and O–H groups in total. The summed E-state index contributed by atoms with van der Waals surface area (Å²) in [6.07, 6.45) is 8.18. The molecule has 0 saturated carbocycles. The number of hydrogen-bond donors (Lipinski definition) is 0. The summed E-state index contributed by atoms with van der Waals surface area (Å²) in [5.41, 5.74) is 1.55. The van der Waals surface area contributed by atoms with E-state index in [1.165, 1.54) is 6.08 Å². The van der Waals surface area contributed by atoms with Crippen molar-refractivity contribution in [3.05, 3.63) is 48.5 Å². The Kier molecular flexibility index (Phi) is 6.29. The van der Waals surface area contributed by atoms with Gasteiger partial charge in [0.05, 0.1) is 0 Å². The summed E-state index contributed by atoms with van der Waals surface area (Å²) in [4.78, 5) is 3.72. The second-order valence-electron chi connectivity index (χ2n) is 2.86. The van der Waals surface area contributed by atoms with Crippen LogP contribution in [0, 0.1) is 0 Å². The smallest absolute Gasteiger partial charge is 0.213 e. The van der Waals surface area contributed by atoms with Crippen LogP contribution in [0.1, 0.15) is 20.8 Å². The highest BCUT2D eigenvalue weighted by Crippen LogP contribution is 2.02. The molecule has 0 radical (unpaired) electrons. The minimum absolute atomic E-state index is 0.498. The van der Waals surface area contributed by atoms with E-state index >= 15 is 0 Å². The lowest BCUT2D eigenvalue weighted by molar-refractivity contribution is 0.628. The fraction of sp³-hybridized carbons (Fsp3) is 0.250. The molecule has 0 aromatic rings.